The second-order valence-electron chi connectivity index (χ2n) is 15.8. The van der Waals surface area contributed by atoms with E-state index in [0.29, 0.717) is 13.2 Å². The monoisotopic (exact) mass is 844 g/mol. The van der Waals surface area contributed by atoms with Gasteiger partial charge in [-0.15, -0.1) is 63.1 Å². The first kappa shape index (κ1) is 45.1. The molecule has 0 aliphatic rings. The van der Waals surface area contributed by atoms with Gasteiger partial charge in [0.15, 0.2) is 0 Å². The SMILES string of the molecule is C#CCOCc1cc(-c2cc(CCCCCCCCCCCC)c(-c3ccc(-c4ccc(-c5sc(C)cc5CCCCCCCCCCCC)s4)s3)s2)sc1C. The minimum Gasteiger partial charge on any atom is -0.364 e. The van der Waals surface area contributed by atoms with Crippen LogP contribution in [0.1, 0.15) is 169 Å². The fourth-order valence-corrected chi connectivity index (χ4v) is 13.5. The molecule has 0 atom stereocenters. The summed E-state index contributed by atoms with van der Waals surface area (Å²) in [7, 11) is 0. The molecule has 0 bridgehead atoms. The summed E-state index contributed by atoms with van der Waals surface area (Å²) in [6.45, 7) is 10.0. The molecule has 0 aliphatic heterocycles. The summed E-state index contributed by atoms with van der Waals surface area (Å²) in [5, 5.41) is 0. The van der Waals surface area contributed by atoms with Crippen molar-refractivity contribution in [2.45, 2.75) is 176 Å². The summed E-state index contributed by atoms with van der Waals surface area (Å²) in [4.78, 5) is 14.1. The Morgan fingerprint density at radius 2 is 0.893 bits per heavy atom. The third kappa shape index (κ3) is 14.4. The highest BCUT2D eigenvalue weighted by Gasteiger charge is 2.19. The van der Waals surface area contributed by atoms with Gasteiger partial charge in [-0.25, -0.2) is 0 Å². The summed E-state index contributed by atoms with van der Waals surface area (Å²) in [6.07, 6.45) is 35.4. The zero-order valence-corrected chi connectivity index (χ0v) is 39.1. The number of thiophene rings is 5. The van der Waals surface area contributed by atoms with Gasteiger partial charge in [-0.3, -0.25) is 0 Å². The van der Waals surface area contributed by atoms with Gasteiger partial charge < -0.3 is 4.74 Å². The molecule has 0 aromatic carbocycles. The maximum atomic E-state index is 5.72. The fraction of sp³-hybridized carbons (Fsp3) is 0.560. The van der Waals surface area contributed by atoms with E-state index in [9.17, 15) is 0 Å². The average molecular weight is 845 g/mol. The van der Waals surface area contributed by atoms with Crippen LogP contribution in [0.3, 0.4) is 0 Å². The molecule has 5 aromatic rings. The Kier molecular flexibility index (Phi) is 20.5. The molecule has 6 heteroatoms. The van der Waals surface area contributed by atoms with Crippen molar-refractivity contribution in [1.82, 2.24) is 0 Å². The van der Waals surface area contributed by atoms with E-state index < -0.39 is 0 Å². The molecule has 56 heavy (non-hydrogen) atoms. The van der Waals surface area contributed by atoms with Gasteiger partial charge in [0.1, 0.15) is 6.61 Å². The quantitative estimate of drug-likeness (QED) is 0.0344. The number of ether oxygens (including phenoxy) is 1. The molecule has 0 saturated heterocycles. The minimum atomic E-state index is 0.358. The van der Waals surface area contributed by atoms with Crippen molar-refractivity contribution >= 4 is 56.7 Å². The van der Waals surface area contributed by atoms with Gasteiger partial charge in [-0.2, -0.15) is 0 Å². The van der Waals surface area contributed by atoms with Crippen molar-refractivity contribution in [2.24, 2.45) is 0 Å². The van der Waals surface area contributed by atoms with Crippen LogP contribution < -0.4 is 0 Å². The van der Waals surface area contributed by atoms with E-state index in [4.69, 9.17) is 11.2 Å². The molecule has 0 spiro atoms. The van der Waals surface area contributed by atoms with Crippen LogP contribution in [0.4, 0.5) is 0 Å². The van der Waals surface area contributed by atoms with Crippen LogP contribution in [0.15, 0.2) is 42.5 Å². The number of terminal acetylenes is 1. The molecule has 0 fully saturated rings. The highest BCUT2D eigenvalue weighted by molar-refractivity contribution is 7.29. The smallest absolute Gasteiger partial charge is 0.107 e. The topological polar surface area (TPSA) is 9.23 Å². The van der Waals surface area contributed by atoms with Gasteiger partial charge in [0.25, 0.3) is 0 Å². The Morgan fingerprint density at radius 3 is 1.41 bits per heavy atom. The standard InChI is InChI=1S/C50H68OS5/c1-6-9-11-13-15-17-19-21-23-25-27-40-34-38(4)52-49(40)45-31-29-43(54-45)44-30-32-46(55-44)50-41(28-26-24-22-20-18-16-14-12-10-7-2)35-48(56-50)47-36-42(39(5)53-47)37-51-33-8-3/h3,29-32,34-36H,6-7,9-28,33,37H2,1-2,4-5H3. The summed E-state index contributed by atoms with van der Waals surface area (Å²) < 4.78 is 5.72. The minimum absolute atomic E-state index is 0.358. The lowest BCUT2D eigenvalue weighted by atomic mass is 10.0. The van der Waals surface area contributed by atoms with Crippen LogP contribution in [-0.2, 0) is 24.2 Å². The Labute approximate surface area is 361 Å². The molecular formula is C50H68OS5. The Balaban J connectivity index is 1.23. The largest absolute Gasteiger partial charge is 0.364 e. The van der Waals surface area contributed by atoms with Gasteiger partial charge in [0.2, 0.25) is 0 Å². The highest BCUT2D eigenvalue weighted by atomic mass is 32.1. The number of hydrogen-bond donors (Lipinski definition) is 0. The van der Waals surface area contributed by atoms with E-state index in [1.165, 1.54) is 195 Å². The third-order valence-corrected chi connectivity index (χ3v) is 17.2. The maximum absolute atomic E-state index is 5.72. The normalized spacial score (nSPS) is 11.6. The third-order valence-electron chi connectivity index (χ3n) is 10.9. The van der Waals surface area contributed by atoms with Gasteiger partial charge in [-0.05, 0) is 98.7 Å². The highest BCUT2D eigenvalue weighted by Crippen LogP contribution is 2.47. The maximum Gasteiger partial charge on any atom is 0.107 e. The summed E-state index contributed by atoms with van der Waals surface area (Å²) in [5.74, 6) is 2.60. The number of aryl methyl sites for hydroxylation is 4. The van der Waals surface area contributed by atoms with Crippen LogP contribution in [0.5, 0.6) is 0 Å². The van der Waals surface area contributed by atoms with Gasteiger partial charge in [0.05, 0.1) is 6.61 Å². The summed E-state index contributed by atoms with van der Waals surface area (Å²) in [5.41, 5.74) is 4.34. The molecule has 304 valence electrons. The molecule has 0 amide bonds. The van der Waals surface area contributed by atoms with Crippen molar-refractivity contribution in [2.75, 3.05) is 6.61 Å². The first-order valence-corrected chi connectivity index (χ1v) is 26.1. The molecule has 0 aliphatic carbocycles. The molecule has 0 unspecified atom stereocenters. The molecule has 0 saturated carbocycles. The van der Waals surface area contributed by atoms with Gasteiger partial charge in [-0.1, -0.05) is 135 Å². The molecule has 0 N–H and O–H groups in total. The molecule has 1 nitrogen and oxygen atoms in total. The predicted molar refractivity (Wildman–Crippen MR) is 257 cm³/mol. The van der Waals surface area contributed by atoms with Crippen molar-refractivity contribution in [3.63, 3.8) is 0 Å². The van der Waals surface area contributed by atoms with Crippen molar-refractivity contribution in [1.29, 1.82) is 0 Å². The van der Waals surface area contributed by atoms with E-state index in [2.05, 4.69) is 76.1 Å². The van der Waals surface area contributed by atoms with Crippen LogP contribution in [0.2, 0.25) is 0 Å². The van der Waals surface area contributed by atoms with Gasteiger partial charge in [0, 0.05) is 48.8 Å². The molecule has 5 heterocycles. The Morgan fingerprint density at radius 1 is 0.464 bits per heavy atom. The van der Waals surface area contributed by atoms with Crippen molar-refractivity contribution in [3.8, 4) is 51.4 Å². The molecule has 0 radical (unpaired) electrons. The fourth-order valence-electron chi connectivity index (χ4n) is 7.70. The van der Waals surface area contributed by atoms with Crippen molar-refractivity contribution < 1.29 is 4.74 Å². The summed E-state index contributed by atoms with van der Waals surface area (Å²) in [6, 6.07) is 16.8. The molecule has 5 aromatic heterocycles. The first-order chi connectivity index (χ1) is 27.5. The zero-order valence-electron chi connectivity index (χ0n) is 35.0. The van der Waals surface area contributed by atoms with Gasteiger partial charge >= 0.3 is 0 Å². The van der Waals surface area contributed by atoms with Crippen LogP contribution >= 0.6 is 56.7 Å². The average Bonchev–Trinajstić information content (AvgIpc) is 4.04. The lowest BCUT2D eigenvalue weighted by Gasteiger charge is -2.04. The van der Waals surface area contributed by atoms with E-state index in [1.807, 2.05) is 56.7 Å². The van der Waals surface area contributed by atoms with E-state index in [-0.39, 0.29) is 0 Å². The van der Waals surface area contributed by atoms with Crippen LogP contribution in [0.25, 0.3) is 39.0 Å². The second kappa shape index (κ2) is 25.5. The number of rotatable bonds is 29. The van der Waals surface area contributed by atoms with E-state index >= 15 is 0 Å². The van der Waals surface area contributed by atoms with E-state index in [0.717, 1.165) is 6.42 Å². The Bertz CT molecular complexity index is 1870. The van der Waals surface area contributed by atoms with Crippen LogP contribution in [-0.4, -0.2) is 6.61 Å². The Hall–Kier alpha value is -1.98. The van der Waals surface area contributed by atoms with Crippen molar-refractivity contribution in [3.05, 3.63) is 68.9 Å². The predicted octanol–water partition coefficient (Wildman–Crippen LogP) is 18.4. The lowest BCUT2D eigenvalue weighted by Crippen LogP contribution is -1.92. The number of unbranched alkanes of at least 4 members (excludes halogenated alkanes) is 18. The summed E-state index contributed by atoms with van der Waals surface area (Å²) >= 11 is 9.82. The number of hydrogen-bond acceptors (Lipinski definition) is 6. The first-order valence-electron chi connectivity index (χ1n) is 22.0. The zero-order chi connectivity index (χ0) is 39.4. The molecular weight excluding hydrogens is 777 g/mol. The molecule has 5 rings (SSSR count). The second-order valence-corrected chi connectivity index (χ2v) is 21.5. The van der Waals surface area contributed by atoms with Crippen LogP contribution in [0, 0.1) is 26.2 Å². The lowest BCUT2D eigenvalue weighted by molar-refractivity contribution is 0.153. The van der Waals surface area contributed by atoms with E-state index in [1.54, 1.807) is 5.56 Å².